The number of fused-ring (bicyclic) bond motifs is 1. The number of H-pyrrole nitrogens is 1. The van der Waals surface area contributed by atoms with Crippen molar-refractivity contribution in [3.05, 3.63) is 34.4 Å². The van der Waals surface area contributed by atoms with Crippen LogP contribution in [0.5, 0.6) is 0 Å². The van der Waals surface area contributed by atoms with Crippen LogP contribution in [-0.4, -0.2) is 48.8 Å². The van der Waals surface area contributed by atoms with E-state index in [2.05, 4.69) is 31.9 Å². The fourth-order valence-corrected chi connectivity index (χ4v) is 5.18. The molecule has 0 aromatic carbocycles. The molecular weight excluding hydrogens is 388 g/mol. The third kappa shape index (κ3) is 3.37. The first-order chi connectivity index (χ1) is 14.1. The topological polar surface area (TPSA) is 101 Å². The normalized spacial score (nSPS) is 21.9. The Morgan fingerprint density at radius 3 is 3.10 bits per heavy atom. The van der Waals surface area contributed by atoms with Crippen LogP contribution in [0.3, 0.4) is 0 Å². The number of nitrogens with one attached hydrogen (secondary N) is 1. The number of hydrogen-bond acceptors (Lipinski definition) is 7. The van der Waals surface area contributed by atoms with Gasteiger partial charge in [0.2, 0.25) is 0 Å². The second kappa shape index (κ2) is 7.37. The number of hydrogen-bond donors (Lipinski definition) is 1. The van der Waals surface area contributed by atoms with Crippen molar-refractivity contribution < 1.29 is 9.32 Å². The van der Waals surface area contributed by atoms with E-state index in [0.29, 0.717) is 23.9 Å². The van der Waals surface area contributed by atoms with Crippen LogP contribution in [0.2, 0.25) is 0 Å². The van der Waals surface area contributed by atoms with E-state index >= 15 is 0 Å². The van der Waals surface area contributed by atoms with Crippen molar-refractivity contribution in [3.8, 4) is 10.6 Å². The highest BCUT2D eigenvalue weighted by Crippen LogP contribution is 2.36. The van der Waals surface area contributed by atoms with Gasteiger partial charge in [0, 0.05) is 36.3 Å². The van der Waals surface area contributed by atoms with Gasteiger partial charge >= 0.3 is 0 Å². The van der Waals surface area contributed by atoms with E-state index in [1.54, 1.807) is 0 Å². The number of aryl methyl sites for hydroxylation is 2. The molecule has 0 radical (unpaired) electrons. The molecule has 4 heterocycles. The summed E-state index contributed by atoms with van der Waals surface area (Å²) in [6, 6.07) is 1.90. The average molecular weight is 413 g/mol. The van der Waals surface area contributed by atoms with E-state index in [-0.39, 0.29) is 11.8 Å². The van der Waals surface area contributed by atoms with Gasteiger partial charge in [-0.2, -0.15) is 5.10 Å². The number of likely N-dealkylation sites (tertiary alicyclic amines) is 1. The van der Waals surface area contributed by atoms with Gasteiger partial charge in [0.15, 0.2) is 11.5 Å². The number of carbonyl (C=O) groups excluding carboxylic acids is 1. The molecule has 5 rings (SSSR count). The fraction of sp³-hybridized carbons (Fsp3) is 0.550. The monoisotopic (exact) mass is 412 g/mol. The summed E-state index contributed by atoms with van der Waals surface area (Å²) in [6.45, 7) is 5.51. The molecule has 8 nitrogen and oxygen atoms in total. The molecule has 0 bridgehead atoms. The van der Waals surface area contributed by atoms with E-state index in [9.17, 15) is 4.79 Å². The number of aromatic amines is 1. The standard InChI is InChI=1S/C20H24N6O2S/c1-11-5-6-15-14(8-11)18(22-21-15)20(27)26-7-3-4-13(10-26)17-19(29-25-23-17)16-9-12(2)24-28-16/h9,11,13H,3-8,10H2,1-2H3,(H,21,22)/t11-,13+/m0/s1. The van der Waals surface area contributed by atoms with Gasteiger partial charge in [-0.25, -0.2) is 0 Å². The lowest BCUT2D eigenvalue weighted by Crippen LogP contribution is -2.40. The van der Waals surface area contributed by atoms with Crippen LogP contribution in [0.25, 0.3) is 10.6 Å². The minimum Gasteiger partial charge on any atom is -0.355 e. The van der Waals surface area contributed by atoms with Gasteiger partial charge in [0.1, 0.15) is 4.88 Å². The largest absolute Gasteiger partial charge is 0.355 e. The first-order valence-electron chi connectivity index (χ1n) is 10.2. The molecule has 9 heteroatoms. The molecule has 0 unspecified atom stereocenters. The lowest BCUT2D eigenvalue weighted by Gasteiger charge is -2.32. The van der Waals surface area contributed by atoms with Crippen molar-refractivity contribution >= 4 is 17.4 Å². The molecule has 1 aliphatic carbocycles. The summed E-state index contributed by atoms with van der Waals surface area (Å²) >= 11 is 1.32. The number of carbonyl (C=O) groups is 1. The summed E-state index contributed by atoms with van der Waals surface area (Å²) in [5.74, 6) is 1.46. The second-order valence-corrected chi connectivity index (χ2v) is 9.04. The molecule has 0 saturated carbocycles. The maximum absolute atomic E-state index is 13.3. The molecule has 152 valence electrons. The van der Waals surface area contributed by atoms with Crippen LogP contribution < -0.4 is 0 Å². The maximum atomic E-state index is 13.3. The van der Waals surface area contributed by atoms with Gasteiger partial charge in [-0.05, 0) is 56.5 Å². The molecule has 3 aromatic rings. The van der Waals surface area contributed by atoms with Crippen LogP contribution in [0.15, 0.2) is 10.6 Å². The van der Waals surface area contributed by atoms with Crippen LogP contribution in [0.4, 0.5) is 0 Å². The zero-order valence-electron chi connectivity index (χ0n) is 16.6. The van der Waals surface area contributed by atoms with Crippen molar-refractivity contribution in [3.63, 3.8) is 0 Å². The minimum absolute atomic E-state index is 0.0292. The van der Waals surface area contributed by atoms with E-state index in [0.717, 1.165) is 66.2 Å². The van der Waals surface area contributed by atoms with Crippen molar-refractivity contribution in [2.24, 2.45) is 5.92 Å². The number of aromatic nitrogens is 5. The summed E-state index contributed by atoms with van der Waals surface area (Å²) in [5, 5.41) is 15.9. The SMILES string of the molecule is Cc1cc(-c2snnc2[C@@H]2CCCN(C(=O)c3n[nH]c4c3C[C@@H](C)CC4)C2)on1. The lowest BCUT2D eigenvalue weighted by atomic mass is 9.87. The van der Waals surface area contributed by atoms with Gasteiger partial charge < -0.3 is 9.42 Å². The highest BCUT2D eigenvalue weighted by atomic mass is 32.1. The quantitative estimate of drug-likeness (QED) is 0.708. The van der Waals surface area contributed by atoms with E-state index < -0.39 is 0 Å². The van der Waals surface area contributed by atoms with Gasteiger partial charge in [-0.1, -0.05) is 16.6 Å². The molecule has 1 N–H and O–H groups in total. The molecule has 3 aromatic heterocycles. The van der Waals surface area contributed by atoms with Crippen LogP contribution in [0, 0.1) is 12.8 Å². The predicted molar refractivity (Wildman–Crippen MR) is 108 cm³/mol. The van der Waals surface area contributed by atoms with Gasteiger partial charge in [-0.3, -0.25) is 9.89 Å². The Hall–Kier alpha value is -2.55. The molecule has 29 heavy (non-hydrogen) atoms. The summed E-state index contributed by atoms with van der Waals surface area (Å²) in [5.41, 5.74) is 4.59. The first kappa shape index (κ1) is 18.5. The summed E-state index contributed by atoms with van der Waals surface area (Å²) < 4.78 is 9.58. The first-order valence-corrected chi connectivity index (χ1v) is 11.0. The van der Waals surface area contributed by atoms with Crippen LogP contribution >= 0.6 is 11.5 Å². The zero-order chi connectivity index (χ0) is 20.0. The zero-order valence-corrected chi connectivity index (χ0v) is 17.5. The predicted octanol–water partition coefficient (Wildman–Crippen LogP) is 3.37. The van der Waals surface area contributed by atoms with Crippen molar-refractivity contribution in [2.45, 2.75) is 51.9 Å². The number of rotatable bonds is 3. The Morgan fingerprint density at radius 1 is 1.38 bits per heavy atom. The smallest absolute Gasteiger partial charge is 0.274 e. The molecule has 2 aliphatic rings. The van der Waals surface area contributed by atoms with Crippen LogP contribution in [-0.2, 0) is 12.8 Å². The Labute approximate surface area is 172 Å². The molecule has 1 amide bonds. The molecular formula is C20H24N6O2S. The van der Waals surface area contributed by atoms with Gasteiger partial charge in [-0.15, -0.1) is 5.10 Å². The van der Waals surface area contributed by atoms with Crippen LogP contribution in [0.1, 0.15) is 65.2 Å². The maximum Gasteiger partial charge on any atom is 0.274 e. The molecule has 1 fully saturated rings. The number of nitrogens with zero attached hydrogens (tertiary/aromatic N) is 5. The summed E-state index contributed by atoms with van der Waals surface area (Å²) in [7, 11) is 0. The second-order valence-electron chi connectivity index (χ2n) is 8.29. The number of piperidine rings is 1. The Balaban J connectivity index is 1.38. The van der Waals surface area contributed by atoms with Crippen molar-refractivity contribution in [1.29, 1.82) is 0 Å². The highest BCUT2D eigenvalue weighted by Gasteiger charge is 2.33. The molecule has 1 saturated heterocycles. The third-order valence-corrected chi connectivity index (χ3v) is 6.81. The number of amides is 1. The Bertz CT molecular complexity index is 1040. The molecule has 2 atom stereocenters. The van der Waals surface area contributed by atoms with Crippen molar-refractivity contribution in [1.82, 2.24) is 29.8 Å². The van der Waals surface area contributed by atoms with Crippen molar-refractivity contribution in [2.75, 3.05) is 13.1 Å². The third-order valence-electron chi connectivity index (χ3n) is 6.06. The van der Waals surface area contributed by atoms with E-state index in [1.165, 1.54) is 11.5 Å². The summed E-state index contributed by atoms with van der Waals surface area (Å²) in [6.07, 6.45) is 4.96. The molecule has 0 spiro atoms. The minimum atomic E-state index is 0.0292. The fourth-order valence-electron chi connectivity index (χ4n) is 4.49. The Morgan fingerprint density at radius 2 is 2.28 bits per heavy atom. The van der Waals surface area contributed by atoms with Gasteiger partial charge in [0.05, 0.1) is 11.4 Å². The average Bonchev–Trinajstić information content (AvgIpc) is 3.46. The summed E-state index contributed by atoms with van der Waals surface area (Å²) in [4.78, 5) is 16.1. The lowest BCUT2D eigenvalue weighted by molar-refractivity contribution is 0.0698. The van der Waals surface area contributed by atoms with Gasteiger partial charge in [0.25, 0.3) is 5.91 Å². The van der Waals surface area contributed by atoms with E-state index in [4.69, 9.17) is 4.52 Å². The van der Waals surface area contributed by atoms with E-state index in [1.807, 2.05) is 17.9 Å². The highest BCUT2D eigenvalue weighted by molar-refractivity contribution is 7.09. The molecule has 1 aliphatic heterocycles. The Kier molecular flexibility index (Phi) is 4.69.